The number of carbonyl (C=O) groups excluding carboxylic acids is 2. The van der Waals surface area contributed by atoms with E-state index >= 15 is 0 Å². The maximum Gasteiger partial charge on any atom is 0.338 e. The van der Waals surface area contributed by atoms with Crippen molar-refractivity contribution in [3.63, 3.8) is 0 Å². The molecule has 0 fully saturated rings. The van der Waals surface area contributed by atoms with Crippen LogP contribution in [0.1, 0.15) is 40.7 Å². The van der Waals surface area contributed by atoms with Gasteiger partial charge < -0.3 is 15.0 Å². The van der Waals surface area contributed by atoms with E-state index in [1.54, 1.807) is 48.5 Å². The van der Waals surface area contributed by atoms with Crippen LogP contribution < -0.4 is 10.9 Å². The van der Waals surface area contributed by atoms with E-state index in [0.29, 0.717) is 28.8 Å². The number of aromatic amines is 1. The van der Waals surface area contributed by atoms with E-state index in [4.69, 9.17) is 4.74 Å². The molecule has 3 rings (SSSR count). The van der Waals surface area contributed by atoms with Crippen LogP contribution in [0, 0.1) is 0 Å². The molecule has 3 aromatic rings. The van der Waals surface area contributed by atoms with E-state index in [0.717, 1.165) is 12.8 Å². The van der Waals surface area contributed by atoms with Gasteiger partial charge in [-0.1, -0.05) is 25.5 Å². The number of esters is 1. The van der Waals surface area contributed by atoms with Crippen molar-refractivity contribution in [2.45, 2.75) is 19.8 Å². The van der Waals surface area contributed by atoms with Crippen LogP contribution in [0.25, 0.3) is 10.9 Å². The van der Waals surface area contributed by atoms with E-state index in [2.05, 4.69) is 15.3 Å². The first-order valence-electron chi connectivity index (χ1n) is 8.66. The van der Waals surface area contributed by atoms with Gasteiger partial charge in [-0.15, -0.1) is 0 Å². The highest BCUT2D eigenvalue weighted by molar-refractivity contribution is 6.02. The molecule has 0 unspecified atom stereocenters. The third-order valence-corrected chi connectivity index (χ3v) is 3.94. The topological polar surface area (TPSA) is 101 Å². The molecule has 7 nitrogen and oxygen atoms in total. The van der Waals surface area contributed by atoms with Gasteiger partial charge in [0.25, 0.3) is 11.5 Å². The average Bonchev–Trinajstić information content (AvgIpc) is 2.68. The Labute approximate surface area is 155 Å². The number of nitrogens with one attached hydrogen (secondary N) is 2. The van der Waals surface area contributed by atoms with Crippen molar-refractivity contribution < 1.29 is 14.3 Å². The maximum absolute atomic E-state index is 12.4. The molecule has 0 saturated heterocycles. The van der Waals surface area contributed by atoms with E-state index in [1.165, 1.54) is 0 Å². The maximum atomic E-state index is 12.4. The third-order valence-electron chi connectivity index (χ3n) is 3.94. The fraction of sp³-hybridized carbons (Fsp3) is 0.200. The molecule has 0 spiro atoms. The van der Waals surface area contributed by atoms with Crippen LogP contribution in [-0.2, 0) is 4.74 Å². The Morgan fingerprint density at radius 3 is 2.59 bits per heavy atom. The molecule has 0 aliphatic rings. The van der Waals surface area contributed by atoms with Crippen molar-refractivity contribution in [3.8, 4) is 0 Å². The Kier molecular flexibility index (Phi) is 5.61. The van der Waals surface area contributed by atoms with Crippen LogP contribution in [0.5, 0.6) is 0 Å². The SMILES string of the molecule is CCCCOC(=O)c1ccc(NC(=O)c2nc3ccccc3c(=O)[nH]2)cc1. The summed E-state index contributed by atoms with van der Waals surface area (Å²) in [6.07, 6.45) is 1.76. The Morgan fingerprint density at radius 1 is 1.11 bits per heavy atom. The molecule has 0 aliphatic carbocycles. The fourth-order valence-electron chi connectivity index (χ4n) is 2.47. The van der Waals surface area contributed by atoms with Gasteiger partial charge in [0, 0.05) is 5.69 Å². The minimum atomic E-state index is -0.545. The second-order valence-electron chi connectivity index (χ2n) is 5.95. The highest BCUT2D eigenvalue weighted by Crippen LogP contribution is 2.12. The average molecular weight is 365 g/mol. The van der Waals surface area contributed by atoms with Gasteiger partial charge in [-0.05, 0) is 42.8 Å². The fourth-order valence-corrected chi connectivity index (χ4v) is 2.47. The number of fused-ring (bicyclic) bond motifs is 1. The first-order valence-corrected chi connectivity index (χ1v) is 8.66. The zero-order chi connectivity index (χ0) is 19.2. The minimum Gasteiger partial charge on any atom is -0.462 e. The van der Waals surface area contributed by atoms with Crippen molar-refractivity contribution in [3.05, 3.63) is 70.3 Å². The number of nitrogens with zero attached hydrogens (tertiary/aromatic N) is 1. The lowest BCUT2D eigenvalue weighted by Gasteiger charge is -2.07. The Hall–Kier alpha value is -3.48. The third kappa shape index (κ3) is 4.38. The number of benzene rings is 2. The summed E-state index contributed by atoms with van der Waals surface area (Å²) in [7, 11) is 0. The van der Waals surface area contributed by atoms with Crippen molar-refractivity contribution in [1.82, 2.24) is 9.97 Å². The number of hydrogen-bond acceptors (Lipinski definition) is 5. The molecule has 138 valence electrons. The number of aromatic nitrogens is 2. The molecule has 0 bridgehead atoms. The van der Waals surface area contributed by atoms with Crippen LogP contribution in [0.2, 0.25) is 0 Å². The molecule has 0 saturated carbocycles. The van der Waals surface area contributed by atoms with Crippen molar-refractivity contribution in [2.24, 2.45) is 0 Å². The summed E-state index contributed by atoms with van der Waals surface area (Å²) in [6.45, 7) is 2.40. The van der Waals surface area contributed by atoms with Crippen LogP contribution >= 0.6 is 0 Å². The van der Waals surface area contributed by atoms with Gasteiger partial charge in [0.1, 0.15) is 0 Å². The second kappa shape index (κ2) is 8.27. The van der Waals surface area contributed by atoms with Gasteiger partial charge in [-0.3, -0.25) is 9.59 Å². The summed E-state index contributed by atoms with van der Waals surface area (Å²) < 4.78 is 5.14. The minimum absolute atomic E-state index is 0.0817. The van der Waals surface area contributed by atoms with Gasteiger partial charge in [0.15, 0.2) is 5.82 Å². The summed E-state index contributed by atoms with van der Waals surface area (Å²) in [6, 6.07) is 13.1. The molecule has 2 N–H and O–H groups in total. The number of para-hydroxylation sites is 1. The predicted molar refractivity (Wildman–Crippen MR) is 102 cm³/mol. The van der Waals surface area contributed by atoms with Crippen LogP contribution in [0.4, 0.5) is 5.69 Å². The first-order chi connectivity index (χ1) is 13.1. The van der Waals surface area contributed by atoms with Gasteiger partial charge >= 0.3 is 5.97 Å². The molecule has 0 radical (unpaired) electrons. The van der Waals surface area contributed by atoms with E-state index in [1.807, 2.05) is 6.92 Å². The summed E-state index contributed by atoms with van der Waals surface area (Å²) in [5.74, 6) is -1.03. The number of hydrogen-bond donors (Lipinski definition) is 2. The van der Waals surface area contributed by atoms with Crippen LogP contribution in [0.3, 0.4) is 0 Å². The number of unbranched alkanes of at least 4 members (excludes halogenated alkanes) is 1. The van der Waals surface area contributed by atoms with Gasteiger partial charge in [0.2, 0.25) is 0 Å². The van der Waals surface area contributed by atoms with E-state index in [9.17, 15) is 14.4 Å². The summed E-state index contributed by atoms with van der Waals surface area (Å²) in [4.78, 5) is 43.0. The number of carbonyl (C=O) groups is 2. The largest absolute Gasteiger partial charge is 0.462 e. The predicted octanol–water partition coefficient (Wildman–Crippen LogP) is 3.13. The molecule has 1 heterocycles. The van der Waals surface area contributed by atoms with Crippen LogP contribution in [0.15, 0.2) is 53.3 Å². The highest BCUT2D eigenvalue weighted by atomic mass is 16.5. The van der Waals surface area contributed by atoms with Crippen molar-refractivity contribution in [2.75, 3.05) is 11.9 Å². The highest BCUT2D eigenvalue weighted by Gasteiger charge is 2.12. The number of rotatable bonds is 6. The van der Waals surface area contributed by atoms with Crippen LogP contribution in [-0.4, -0.2) is 28.5 Å². The molecular formula is C20H19N3O4. The summed E-state index contributed by atoms with van der Waals surface area (Å²) in [5, 5.41) is 3.06. The number of anilines is 1. The zero-order valence-corrected chi connectivity index (χ0v) is 14.8. The van der Waals surface area contributed by atoms with Gasteiger partial charge in [-0.25, -0.2) is 9.78 Å². The quantitative estimate of drug-likeness (QED) is 0.516. The number of ether oxygens (including phenoxy) is 1. The molecule has 0 aliphatic heterocycles. The number of H-pyrrole nitrogens is 1. The lowest BCUT2D eigenvalue weighted by atomic mass is 10.2. The monoisotopic (exact) mass is 365 g/mol. The molecular weight excluding hydrogens is 346 g/mol. The lowest BCUT2D eigenvalue weighted by molar-refractivity contribution is 0.0499. The van der Waals surface area contributed by atoms with Gasteiger partial charge in [0.05, 0.1) is 23.1 Å². The molecule has 1 aromatic heterocycles. The van der Waals surface area contributed by atoms with E-state index < -0.39 is 11.9 Å². The first kappa shape index (κ1) is 18.3. The lowest BCUT2D eigenvalue weighted by Crippen LogP contribution is -2.21. The number of amides is 1. The Morgan fingerprint density at radius 2 is 1.85 bits per heavy atom. The molecule has 7 heteroatoms. The molecule has 27 heavy (non-hydrogen) atoms. The van der Waals surface area contributed by atoms with E-state index in [-0.39, 0.29) is 11.4 Å². The van der Waals surface area contributed by atoms with Gasteiger partial charge in [-0.2, -0.15) is 0 Å². The molecule has 0 atom stereocenters. The van der Waals surface area contributed by atoms with Crippen molar-refractivity contribution >= 4 is 28.5 Å². The van der Waals surface area contributed by atoms with Crippen molar-refractivity contribution in [1.29, 1.82) is 0 Å². The standard InChI is InChI=1S/C20H19N3O4/c1-2-3-12-27-20(26)13-8-10-14(11-9-13)21-19(25)17-22-16-7-5-4-6-15(16)18(24)23-17/h4-11H,2-3,12H2,1H3,(H,21,25)(H,22,23,24). The Bertz CT molecular complexity index is 1030. The molecule has 2 aromatic carbocycles. The summed E-state index contributed by atoms with van der Waals surface area (Å²) in [5.41, 5.74) is 0.940. The normalized spacial score (nSPS) is 10.6. The zero-order valence-electron chi connectivity index (χ0n) is 14.8. The second-order valence-corrected chi connectivity index (χ2v) is 5.95. The smallest absolute Gasteiger partial charge is 0.338 e. The molecule has 1 amide bonds. The Balaban J connectivity index is 1.71. The summed E-state index contributed by atoms with van der Waals surface area (Å²) >= 11 is 0.